The SMILES string of the molecule is O=C(NCCCN1CCCC1)c1cscn1. The zero-order valence-electron chi connectivity index (χ0n) is 9.32. The predicted molar refractivity (Wildman–Crippen MR) is 64.7 cm³/mol. The third-order valence-corrected chi connectivity index (χ3v) is 3.39. The second-order valence-electron chi connectivity index (χ2n) is 4.03. The van der Waals surface area contributed by atoms with Gasteiger partial charge in [-0.05, 0) is 38.9 Å². The zero-order chi connectivity index (χ0) is 11.2. The lowest BCUT2D eigenvalue weighted by Gasteiger charge is -2.13. The molecule has 1 N–H and O–H groups in total. The third kappa shape index (κ3) is 3.28. The molecular weight excluding hydrogens is 222 g/mol. The number of amides is 1. The second kappa shape index (κ2) is 5.96. The lowest BCUT2D eigenvalue weighted by molar-refractivity contribution is 0.0948. The summed E-state index contributed by atoms with van der Waals surface area (Å²) in [7, 11) is 0. The van der Waals surface area contributed by atoms with Crippen LogP contribution < -0.4 is 5.32 Å². The highest BCUT2D eigenvalue weighted by atomic mass is 32.1. The molecule has 1 aromatic rings. The quantitative estimate of drug-likeness (QED) is 0.789. The molecule has 1 saturated heterocycles. The Balaban J connectivity index is 1.59. The summed E-state index contributed by atoms with van der Waals surface area (Å²) in [6.45, 7) is 4.28. The molecule has 4 nitrogen and oxygen atoms in total. The Morgan fingerprint density at radius 2 is 2.31 bits per heavy atom. The van der Waals surface area contributed by atoms with E-state index in [-0.39, 0.29) is 5.91 Å². The number of nitrogens with one attached hydrogen (secondary N) is 1. The van der Waals surface area contributed by atoms with E-state index in [1.807, 2.05) is 0 Å². The van der Waals surface area contributed by atoms with Crippen LogP contribution >= 0.6 is 11.3 Å². The first-order chi connectivity index (χ1) is 7.86. The summed E-state index contributed by atoms with van der Waals surface area (Å²) < 4.78 is 0. The molecule has 0 bridgehead atoms. The predicted octanol–water partition coefficient (Wildman–Crippen LogP) is 1.36. The van der Waals surface area contributed by atoms with E-state index in [4.69, 9.17) is 0 Å². The molecule has 0 saturated carbocycles. The number of carbonyl (C=O) groups excluding carboxylic acids is 1. The molecule has 16 heavy (non-hydrogen) atoms. The molecule has 1 aliphatic heterocycles. The number of hydrogen-bond acceptors (Lipinski definition) is 4. The first kappa shape index (κ1) is 11.5. The minimum absolute atomic E-state index is 0.0531. The summed E-state index contributed by atoms with van der Waals surface area (Å²) in [4.78, 5) is 17.9. The Morgan fingerprint density at radius 3 is 3.00 bits per heavy atom. The summed E-state index contributed by atoms with van der Waals surface area (Å²) in [5.41, 5.74) is 2.21. The molecule has 0 aromatic carbocycles. The van der Waals surface area contributed by atoms with Crippen molar-refractivity contribution < 1.29 is 4.79 Å². The number of rotatable bonds is 5. The fraction of sp³-hybridized carbons (Fsp3) is 0.636. The van der Waals surface area contributed by atoms with Crippen LogP contribution in [0, 0.1) is 0 Å². The molecule has 5 heteroatoms. The summed E-state index contributed by atoms with van der Waals surface area (Å²) in [6.07, 6.45) is 3.67. The van der Waals surface area contributed by atoms with Crippen molar-refractivity contribution in [2.24, 2.45) is 0 Å². The summed E-state index contributed by atoms with van der Waals surface area (Å²) in [5, 5.41) is 4.66. The van der Waals surface area contributed by atoms with Gasteiger partial charge >= 0.3 is 0 Å². The van der Waals surface area contributed by atoms with Gasteiger partial charge in [-0.2, -0.15) is 0 Å². The van der Waals surface area contributed by atoms with E-state index in [1.165, 1.54) is 37.3 Å². The van der Waals surface area contributed by atoms with Gasteiger partial charge in [0.1, 0.15) is 5.69 Å². The van der Waals surface area contributed by atoms with Crippen LogP contribution in [0.5, 0.6) is 0 Å². The number of carbonyl (C=O) groups is 1. The monoisotopic (exact) mass is 239 g/mol. The van der Waals surface area contributed by atoms with E-state index in [0.717, 1.165) is 19.5 Å². The molecule has 1 aliphatic rings. The van der Waals surface area contributed by atoms with Crippen molar-refractivity contribution in [2.45, 2.75) is 19.3 Å². The Hall–Kier alpha value is -0.940. The molecule has 1 amide bonds. The zero-order valence-corrected chi connectivity index (χ0v) is 10.1. The van der Waals surface area contributed by atoms with Gasteiger partial charge in [-0.25, -0.2) is 4.98 Å². The molecule has 0 atom stereocenters. The van der Waals surface area contributed by atoms with Gasteiger partial charge < -0.3 is 10.2 Å². The van der Waals surface area contributed by atoms with Crippen LogP contribution in [-0.4, -0.2) is 42.0 Å². The molecule has 0 unspecified atom stereocenters. The average Bonchev–Trinajstić information content (AvgIpc) is 2.96. The van der Waals surface area contributed by atoms with Crippen LogP contribution in [-0.2, 0) is 0 Å². The van der Waals surface area contributed by atoms with Crippen molar-refractivity contribution in [2.75, 3.05) is 26.2 Å². The topological polar surface area (TPSA) is 45.2 Å². The molecule has 0 radical (unpaired) electrons. The first-order valence-electron chi connectivity index (χ1n) is 5.75. The lowest BCUT2D eigenvalue weighted by Crippen LogP contribution is -2.28. The lowest BCUT2D eigenvalue weighted by atomic mass is 10.3. The van der Waals surface area contributed by atoms with Crippen molar-refractivity contribution in [1.82, 2.24) is 15.2 Å². The van der Waals surface area contributed by atoms with E-state index in [2.05, 4.69) is 15.2 Å². The molecule has 88 valence electrons. The summed E-state index contributed by atoms with van der Waals surface area (Å²) >= 11 is 1.45. The number of likely N-dealkylation sites (tertiary alicyclic amines) is 1. The van der Waals surface area contributed by atoms with Gasteiger partial charge in [0.05, 0.1) is 5.51 Å². The maximum atomic E-state index is 11.5. The Bertz CT molecular complexity index is 320. The van der Waals surface area contributed by atoms with Crippen molar-refractivity contribution in [3.63, 3.8) is 0 Å². The van der Waals surface area contributed by atoms with Crippen LogP contribution in [0.4, 0.5) is 0 Å². The highest BCUT2D eigenvalue weighted by Gasteiger charge is 2.11. The smallest absolute Gasteiger partial charge is 0.270 e. The van der Waals surface area contributed by atoms with E-state index in [0.29, 0.717) is 5.69 Å². The van der Waals surface area contributed by atoms with Crippen LogP contribution in [0.15, 0.2) is 10.9 Å². The first-order valence-corrected chi connectivity index (χ1v) is 6.69. The van der Waals surface area contributed by atoms with Crippen LogP contribution in [0.3, 0.4) is 0 Å². The van der Waals surface area contributed by atoms with Gasteiger partial charge in [0.2, 0.25) is 0 Å². The van der Waals surface area contributed by atoms with Gasteiger partial charge in [-0.15, -0.1) is 11.3 Å². The van der Waals surface area contributed by atoms with Gasteiger partial charge in [0.25, 0.3) is 5.91 Å². The fourth-order valence-electron chi connectivity index (χ4n) is 1.93. The van der Waals surface area contributed by atoms with Crippen molar-refractivity contribution in [3.05, 3.63) is 16.6 Å². The molecular formula is C11H17N3OS. The van der Waals surface area contributed by atoms with Crippen LogP contribution in [0.2, 0.25) is 0 Å². The molecule has 0 spiro atoms. The maximum Gasteiger partial charge on any atom is 0.270 e. The number of thiazole rings is 1. The van der Waals surface area contributed by atoms with Crippen LogP contribution in [0.1, 0.15) is 29.8 Å². The third-order valence-electron chi connectivity index (χ3n) is 2.80. The van der Waals surface area contributed by atoms with Gasteiger partial charge in [0.15, 0.2) is 0 Å². The summed E-state index contributed by atoms with van der Waals surface area (Å²) in [6, 6.07) is 0. The minimum Gasteiger partial charge on any atom is -0.351 e. The van der Waals surface area contributed by atoms with E-state index >= 15 is 0 Å². The van der Waals surface area contributed by atoms with E-state index < -0.39 is 0 Å². The number of nitrogens with zero attached hydrogens (tertiary/aromatic N) is 2. The molecule has 1 fully saturated rings. The highest BCUT2D eigenvalue weighted by molar-refractivity contribution is 7.07. The Kier molecular flexibility index (Phi) is 4.30. The van der Waals surface area contributed by atoms with Gasteiger partial charge in [-0.1, -0.05) is 0 Å². The van der Waals surface area contributed by atoms with Crippen molar-refractivity contribution >= 4 is 17.2 Å². The molecule has 2 rings (SSSR count). The van der Waals surface area contributed by atoms with Crippen LogP contribution in [0.25, 0.3) is 0 Å². The Labute approximate surface area is 99.7 Å². The number of hydrogen-bond donors (Lipinski definition) is 1. The van der Waals surface area contributed by atoms with Gasteiger partial charge in [0, 0.05) is 11.9 Å². The number of aromatic nitrogens is 1. The van der Waals surface area contributed by atoms with E-state index in [9.17, 15) is 4.79 Å². The molecule has 2 heterocycles. The largest absolute Gasteiger partial charge is 0.351 e. The summed E-state index contributed by atoms with van der Waals surface area (Å²) in [5.74, 6) is -0.0531. The Morgan fingerprint density at radius 1 is 1.50 bits per heavy atom. The van der Waals surface area contributed by atoms with E-state index in [1.54, 1.807) is 10.9 Å². The standard InChI is InChI=1S/C11H17N3OS/c15-11(10-8-16-9-13-10)12-4-3-7-14-5-1-2-6-14/h8-9H,1-7H2,(H,12,15). The second-order valence-corrected chi connectivity index (χ2v) is 4.75. The molecule has 0 aliphatic carbocycles. The van der Waals surface area contributed by atoms with Crippen molar-refractivity contribution in [1.29, 1.82) is 0 Å². The highest BCUT2D eigenvalue weighted by Crippen LogP contribution is 2.07. The van der Waals surface area contributed by atoms with Gasteiger partial charge in [-0.3, -0.25) is 4.79 Å². The average molecular weight is 239 g/mol. The van der Waals surface area contributed by atoms with Crippen molar-refractivity contribution in [3.8, 4) is 0 Å². The maximum absolute atomic E-state index is 11.5. The normalized spacial score (nSPS) is 16.5. The molecule has 1 aromatic heterocycles. The fourth-order valence-corrected chi connectivity index (χ4v) is 2.46. The minimum atomic E-state index is -0.0531.